The quantitative estimate of drug-likeness (QED) is 0.227. The second-order valence-corrected chi connectivity index (χ2v) is 53.9. The minimum absolute atomic E-state index is 0.756. The summed E-state index contributed by atoms with van der Waals surface area (Å²) in [6, 6.07) is 0. The minimum atomic E-state index is 0.756. The van der Waals surface area contributed by atoms with Crippen molar-refractivity contribution in [2.24, 2.45) is 428 Å². The lowest BCUT2D eigenvalue weighted by molar-refractivity contribution is -0.985. The van der Waals surface area contributed by atoms with Crippen molar-refractivity contribution in [1.29, 1.82) is 0 Å². The number of rotatable bonds is 0. The van der Waals surface area contributed by atoms with E-state index >= 15 is 0 Å². The van der Waals surface area contributed by atoms with Gasteiger partial charge >= 0.3 is 0 Å². The van der Waals surface area contributed by atoms with Crippen molar-refractivity contribution in [1.82, 2.24) is 0 Å². The topological polar surface area (TPSA) is 0 Å². The molecule has 0 aliphatic heterocycles. The third-order valence-electron chi connectivity index (χ3n) is 68.9. The molecule has 75 unspecified atom stereocenters. The van der Waals surface area contributed by atoms with Crippen molar-refractivity contribution in [3.8, 4) is 0 Å². The van der Waals surface area contributed by atoms with Crippen molar-refractivity contribution < 1.29 is 0 Å². The van der Waals surface area contributed by atoms with E-state index in [0.29, 0.717) is 0 Å². The molecule has 422 valence electrons. The Bertz CT molecular complexity index is 5400. The Hall–Kier alpha value is 0. The molecule has 51 aliphatic carbocycles. The van der Waals surface area contributed by atoms with Gasteiger partial charge in [0.05, 0.1) is 0 Å². The van der Waals surface area contributed by atoms with Crippen LogP contribution in [0.5, 0.6) is 0 Å². The van der Waals surface area contributed by atoms with E-state index in [0.717, 1.165) is 174 Å². The maximum Gasteiger partial charge on any atom is -0.00536 e. The molecule has 0 heteroatoms. The highest BCUT2D eigenvalue weighted by Gasteiger charge is 3.48. The first-order valence-electron chi connectivity index (χ1n) is 42.5. The molecule has 0 aromatic carbocycles. The molecule has 0 heterocycles. The van der Waals surface area contributed by atoms with Gasteiger partial charge in [0.15, 0.2) is 0 Å². The predicted molar refractivity (Wildman–Crippen MR) is 291 cm³/mol. The first-order chi connectivity index (χ1) is 42.5. The summed E-state index contributed by atoms with van der Waals surface area (Å²) in [7, 11) is 0. The van der Waals surface area contributed by atoms with Crippen LogP contribution in [-0.2, 0) is 0 Å². The van der Waals surface area contributed by atoms with Crippen LogP contribution >= 0.6 is 0 Å². The van der Waals surface area contributed by atoms with Gasteiger partial charge in [0, 0.05) is 0 Å². The number of fused-ring (bicyclic) bond motifs is 31. The van der Waals surface area contributed by atoms with Crippen molar-refractivity contribution in [3.05, 3.63) is 0 Å². The lowest BCUT2D eigenvalue weighted by Gasteiger charge is -3.43. The van der Waals surface area contributed by atoms with E-state index in [1.165, 1.54) is 254 Å². The lowest BCUT2D eigenvalue weighted by atomic mass is 8.59. The van der Waals surface area contributed by atoms with Crippen molar-refractivity contribution in [2.75, 3.05) is 0 Å². The van der Waals surface area contributed by atoms with Gasteiger partial charge in [0.25, 0.3) is 0 Å². The van der Waals surface area contributed by atoms with E-state index in [1.807, 2.05) is 12.8 Å². The highest BCUT2D eigenvalue weighted by molar-refractivity contribution is 5.93. The van der Waals surface area contributed by atoms with E-state index in [9.17, 15) is 0 Å². The number of hydrogen-bond acceptors (Lipinski definition) is 0. The normalized spacial score (nSPS) is 125. The summed E-state index contributed by atoms with van der Waals surface area (Å²) in [5.41, 5.74) is 29.5. The van der Waals surface area contributed by atoms with Crippen LogP contribution in [0.25, 0.3) is 0 Å². The maximum absolute atomic E-state index is 3.34. The molecule has 0 aromatic heterocycles. The molecule has 26 spiro atoms. The molecular weight excluding hydrogens is 1040 g/mol. The first kappa shape index (κ1) is 34.3. The van der Waals surface area contributed by atoms with Crippen LogP contribution in [0.15, 0.2) is 0 Å². The third-order valence-corrected chi connectivity index (χ3v) is 68.9. The van der Waals surface area contributed by atoms with Gasteiger partial charge in [-0.25, -0.2) is 0 Å². The summed E-state index contributed by atoms with van der Waals surface area (Å²) in [5, 5.41) is 0. The number of hydrogen-bond donors (Lipinski definition) is 0. The Morgan fingerprint density at radius 1 is 0.230 bits per heavy atom. The second kappa shape index (κ2) is 5.92. The highest BCUT2D eigenvalue weighted by Crippen LogP contribution is 3.50. The van der Waals surface area contributed by atoms with Crippen molar-refractivity contribution in [3.63, 3.8) is 0 Å². The molecule has 51 saturated carbocycles. The lowest BCUT2D eigenvalue weighted by Crippen LogP contribution is -3.42. The summed E-state index contributed by atoms with van der Waals surface area (Å²) in [4.78, 5) is 0. The van der Waals surface area contributed by atoms with Crippen LogP contribution < -0.4 is 0 Å². The Morgan fingerprint density at radius 3 is 1.33 bits per heavy atom. The van der Waals surface area contributed by atoms with Gasteiger partial charge in [0.2, 0.25) is 0 Å². The fourth-order valence-electron chi connectivity index (χ4n) is 81.5. The van der Waals surface area contributed by atoms with E-state index < -0.39 is 0 Å². The zero-order chi connectivity index (χ0) is 51.1. The molecule has 0 nitrogen and oxygen atoms in total. The molecule has 51 fully saturated rings. The largest absolute Gasteiger partial charge is 0.0617 e. The van der Waals surface area contributed by atoms with Gasteiger partial charge < -0.3 is 0 Å². The van der Waals surface area contributed by atoms with E-state index in [2.05, 4.69) is 41.5 Å². The molecular formula is C87H74. The summed E-state index contributed by atoms with van der Waals surface area (Å²) >= 11 is 0. The van der Waals surface area contributed by atoms with Gasteiger partial charge in [-0.1, -0.05) is 41.5 Å². The molecule has 51 rings (SSSR count). The van der Waals surface area contributed by atoms with E-state index in [-0.39, 0.29) is 0 Å². The zero-order valence-electron chi connectivity index (χ0n) is 51.1. The van der Waals surface area contributed by atoms with Crippen LogP contribution in [0, 0.1) is 428 Å². The average Bonchev–Trinajstić information content (AvgIpc) is 1.24. The van der Waals surface area contributed by atoms with Gasteiger partial charge in [0.1, 0.15) is 0 Å². The fraction of sp³-hybridized carbons (Fsp3) is 1.00. The first-order valence-corrected chi connectivity index (χ1v) is 42.5. The predicted octanol–water partition coefficient (Wildman–Crippen LogP) is 10.8. The average molecular weight is 1120 g/mol. The van der Waals surface area contributed by atoms with Gasteiger partial charge in [-0.15, -0.1) is 0 Å². The Balaban J connectivity index is 0.587. The molecule has 0 saturated heterocycles. The summed E-state index contributed by atoms with van der Waals surface area (Å²) < 4.78 is 0. The van der Waals surface area contributed by atoms with E-state index in [4.69, 9.17) is 0 Å². The second-order valence-electron chi connectivity index (χ2n) is 53.9. The maximum atomic E-state index is 3.34. The standard InChI is InChI=1S/C87H74/c1-13-21-26-30-38-37-39-43-44-42-47-52-62(12-16-11-57(2)59(4)55-56-61(6)60(5)51-49-50-58(13,3)65(21,30)74(38,50)73(37,49)75(39,51)82(43,60)83(44,61)78(42,56)79(47,55)86(52,59)81(16,57)62)87-54-25-20-10-15-9-19-24-29-46-45-40-35-34-33-31-27-22-17-7-14-8-18-23-28-32-36-41-48-53-76(40,84(45,80(26,53)87)85(46,87)77(29,54)67(24,25)64(15,19)20)72(35,48)71(34,41)70(33,36)69(31,32)68(27,28)66(22,23)63(14,17)18/h13-56H,7-12H2,1-6H3. The molecule has 0 N–H and O–H groups in total. The van der Waals surface area contributed by atoms with Crippen LogP contribution in [0.2, 0.25) is 0 Å². The van der Waals surface area contributed by atoms with Gasteiger partial charge in [-0.2, -0.15) is 0 Å². The monoisotopic (exact) mass is 1120 g/mol. The van der Waals surface area contributed by atoms with Crippen LogP contribution in [0.4, 0.5) is 0 Å². The van der Waals surface area contributed by atoms with Crippen molar-refractivity contribution >= 4 is 0 Å². The molecule has 75 atom stereocenters. The van der Waals surface area contributed by atoms with Crippen LogP contribution in [-0.4, -0.2) is 0 Å². The van der Waals surface area contributed by atoms with E-state index in [1.54, 1.807) is 25.7 Å². The molecule has 51 aliphatic rings. The Kier molecular flexibility index (Phi) is 2.33. The molecule has 0 amide bonds. The molecule has 0 aromatic rings. The van der Waals surface area contributed by atoms with Gasteiger partial charge in [-0.3, -0.25) is 0 Å². The van der Waals surface area contributed by atoms with Gasteiger partial charge in [-0.05, 0) is 467 Å². The smallest absolute Gasteiger partial charge is 0.00536 e. The summed E-state index contributed by atoms with van der Waals surface area (Å²) in [6.07, 6.45) is 10.9. The molecule has 87 heavy (non-hydrogen) atoms. The van der Waals surface area contributed by atoms with Crippen LogP contribution in [0.1, 0.15) is 80.1 Å². The van der Waals surface area contributed by atoms with Crippen molar-refractivity contribution in [2.45, 2.75) is 80.1 Å². The Labute approximate surface area is 505 Å². The minimum Gasteiger partial charge on any atom is -0.0617 e. The third kappa shape index (κ3) is 1.03. The molecule has 0 bridgehead atoms. The zero-order valence-corrected chi connectivity index (χ0v) is 51.1. The Morgan fingerprint density at radius 2 is 0.667 bits per heavy atom. The highest BCUT2D eigenvalue weighted by atomic mass is 15.5. The molecule has 0 radical (unpaired) electrons. The fourth-order valence-corrected chi connectivity index (χ4v) is 81.5. The van der Waals surface area contributed by atoms with Crippen LogP contribution in [0.3, 0.4) is 0 Å². The SMILES string of the molecule is CC1C2C3C4C5C6C7C8C9C%10C%11C%12C%13(CC%14CC%15(C)C%16(C)C%17C%18C%19(C)C%20(C)C%21C%22C%23C1(C)C24C5%23C6%22C7%21C8%20C9%19C%10%18C%11%17C%12%16C%14%15%13)C12C4C5C6CC7CC8C9C%10C%11C%12C%13C%14C%15C%16C%17C%18C%19C%20CC%21CC%22C%23C%24C%25C%26C%27C%28C%29C%13(C%14%28C%15%27C%16%26C%17%25C%18%24C%19%23C%21%20%22)C%12(C3%291)C%112C%104C95C786. The summed E-state index contributed by atoms with van der Waals surface area (Å²) in [6.45, 7) is 19.7. The summed E-state index contributed by atoms with van der Waals surface area (Å²) in [5.74, 6) is 58.3.